The number of allylic oxidation sites excluding steroid dienone is 26. The molecule has 9 nitrogen and oxygen atoms in total. The van der Waals surface area contributed by atoms with Crippen molar-refractivity contribution in [2.45, 2.75) is 290 Å². The number of unbranched alkanes of at least 4 members (excludes halogenated alkanes) is 25. The van der Waals surface area contributed by atoms with E-state index in [1.165, 1.54) is 122 Å². The van der Waals surface area contributed by atoms with Crippen LogP contribution in [-0.4, -0.2) is 74.9 Å². The number of rotatable bonds is 65. The second-order valence-electron chi connectivity index (χ2n) is 24.9. The molecule has 1 N–H and O–H groups in total. The van der Waals surface area contributed by atoms with Crippen LogP contribution in [0.2, 0.25) is 0 Å². The van der Waals surface area contributed by atoms with E-state index in [-0.39, 0.29) is 32.0 Å². The highest BCUT2D eigenvalue weighted by Crippen LogP contribution is 2.43. The van der Waals surface area contributed by atoms with E-state index >= 15 is 0 Å². The van der Waals surface area contributed by atoms with Crippen LogP contribution in [-0.2, 0) is 32.7 Å². The van der Waals surface area contributed by atoms with E-state index in [1.54, 1.807) is 0 Å². The highest BCUT2D eigenvalue weighted by atomic mass is 31.2. The number of phosphoric ester groups is 1. The summed E-state index contributed by atoms with van der Waals surface area (Å²) in [5.74, 6) is -0.804. The predicted molar refractivity (Wildman–Crippen MR) is 390 cm³/mol. The summed E-state index contributed by atoms with van der Waals surface area (Å²) in [5.41, 5.74) is 0. The average molecular weight is 1270 g/mol. The molecule has 90 heavy (non-hydrogen) atoms. The largest absolute Gasteiger partial charge is 0.472 e. The Morgan fingerprint density at radius 1 is 0.344 bits per heavy atom. The van der Waals surface area contributed by atoms with Gasteiger partial charge in [-0.15, -0.1) is 0 Å². The number of quaternary nitrogens is 1. The fourth-order valence-corrected chi connectivity index (χ4v) is 10.3. The normalized spacial score (nSPS) is 14.1. The summed E-state index contributed by atoms with van der Waals surface area (Å²) in [6.07, 6.45) is 103. The molecular weight excluding hydrogens is 1130 g/mol. The Labute approximate surface area is 554 Å². The lowest BCUT2D eigenvalue weighted by Gasteiger charge is -2.24. The van der Waals surface area contributed by atoms with Gasteiger partial charge in [-0.05, 0) is 122 Å². The third kappa shape index (κ3) is 72.7. The minimum absolute atomic E-state index is 0.0246. The smallest absolute Gasteiger partial charge is 0.462 e. The van der Waals surface area contributed by atoms with E-state index in [4.69, 9.17) is 18.5 Å². The van der Waals surface area contributed by atoms with Crippen molar-refractivity contribution in [3.05, 3.63) is 158 Å². The Kier molecular flexibility index (Phi) is 65.6. The number of hydrogen-bond acceptors (Lipinski definition) is 7. The van der Waals surface area contributed by atoms with Gasteiger partial charge in [-0.3, -0.25) is 18.6 Å². The Balaban J connectivity index is 4.08. The van der Waals surface area contributed by atoms with E-state index in [0.717, 1.165) is 128 Å². The summed E-state index contributed by atoms with van der Waals surface area (Å²) >= 11 is 0. The Morgan fingerprint density at radius 3 is 0.889 bits per heavy atom. The molecule has 0 amide bonds. The molecule has 0 bridgehead atoms. The fraction of sp³-hybridized carbons (Fsp3) is 0.650. The molecule has 0 aliphatic carbocycles. The highest BCUT2D eigenvalue weighted by Gasteiger charge is 2.27. The van der Waals surface area contributed by atoms with Crippen molar-refractivity contribution < 1.29 is 42.1 Å². The molecule has 0 saturated heterocycles. The van der Waals surface area contributed by atoms with Crippen molar-refractivity contribution in [1.29, 1.82) is 0 Å². The number of nitrogens with zero attached hydrogens (tertiary/aromatic N) is 1. The maximum atomic E-state index is 12.9. The molecule has 0 radical (unpaired) electrons. The van der Waals surface area contributed by atoms with E-state index < -0.39 is 26.5 Å². The lowest BCUT2D eigenvalue weighted by atomic mass is 10.0. The SMILES string of the molecule is CC/C=C\C/C=C\C/C=C\C/C=C\C/C=C\C/C=C\C/C=C\C/C=C\C/C=C\CCCCCCCCCCCCCC(=O)OC(COC(=O)CCCCCCCCCCCCCCCC/C=C\C/C=C\C/C=C\C/C=C\CC)COP(=O)(O)OCC[N+](C)(C)C. The molecule has 0 aromatic heterocycles. The molecule has 0 fully saturated rings. The standard InChI is InChI=1S/C80H134NO8P/c1-6-8-10-12-14-16-18-20-22-24-26-28-30-32-34-35-36-37-38-39-40-41-42-43-44-45-47-49-51-53-55-57-59-61-63-65-67-69-71-73-80(83)89-78(77-88-90(84,85)87-75-74-81(3,4)5)76-86-79(82)72-70-68-66-64-62-60-58-56-54-52-50-48-46-33-31-29-27-25-23-21-19-17-15-13-11-9-7-2/h8-11,14-17,20-23,26-29,32,34,36-37,39-40,42-43,45,47,78H,6-7,12-13,18-19,24-25,30-31,33,35,38,41,44,46,48-77H2,1-5H3/p+1/b10-8-,11-9-,16-14-,17-15-,22-20-,23-21-,28-26-,29-27-,34-32-,37-36-,40-39-,43-42-,47-45-. The first kappa shape index (κ1) is 85.6. The van der Waals surface area contributed by atoms with Gasteiger partial charge in [0.15, 0.2) is 6.10 Å². The Morgan fingerprint density at radius 2 is 0.600 bits per heavy atom. The summed E-state index contributed by atoms with van der Waals surface area (Å²) in [6.45, 7) is 4.21. The Hall–Kier alpha value is -4.37. The summed E-state index contributed by atoms with van der Waals surface area (Å²) in [6, 6.07) is 0. The van der Waals surface area contributed by atoms with E-state index in [9.17, 15) is 19.0 Å². The van der Waals surface area contributed by atoms with Crippen molar-refractivity contribution in [1.82, 2.24) is 0 Å². The van der Waals surface area contributed by atoms with Gasteiger partial charge < -0.3 is 18.9 Å². The van der Waals surface area contributed by atoms with Crippen molar-refractivity contribution >= 4 is 19.8 Å². The molecular formula is C80H135NO8P+. The zero-order valence-electron chi connectivity index (χ0n) is 58.3. The minimum Gasteiger partial charge on any atom is -0.462 e. The van der Waals surface area contributed by atoms with Crippen LogP contribution in [0.15, 0.2) is 158 Å². The highest BCUT2D eigenvalue weighted by molar-refractivity contribution is 7.47. The number of esters is 2. The second-order valence-corrected chi connectivity index (χ2v) is 26.3. The van der Waals surface area contributed by atoms with Gasteiger partial charge in [0.2, 0.25) is 0 Å². The first-order chi connectivity index (χ1) is 44.0. The number of carbonyl (C=O) groups excluding carboxylic acids is 2. The maximum absolute atomic E-state index is 12.9. The number of carbonyl (C=O) groups is 2. The summed E-state index contributed by atoms with van der Waals surface area (Å²) in [4.78, 5) is 35.9. The summed E-state index contributed by atoms with van der Waals surface area (Å²) in [5, 5.41) is 0. The van der Waals surface area contributed by atoms with Gasteiger partial charge in [0.25, 0.3) is 0 Å². The van der Waals surface area contributed by atoms with Crippen LogP contribution in [0.4, 0.5) is 0 Å². The maximum Gasteiger partial charge on any atom is 0.472 e. The zero-order valence-corrected chi connectivity index (χ0v) is 59.2. The number of phosphoric acid groups is 1. The number of likely N-dealkylation sites (N-methyl/N-ethyl adjacent to an activating group) is 1. The van der Waals surface area contributed by atoms with Gasteiger partial charge in [-0.2, -0.15) is 0 Å². The van der Waals surface area contributed by atoms with Gasteiger partial charge in [-0.25, -0.2) is 4.57 Å². The second kappa shape index (κ2) is 69.0. The van der Waals surface area contributed by atoms with Crippen LogP contribution in [0.5, 0.6) is 0 Å². The molecule has 2 unspecified atom stereocenters. The molecule has 0 heterocycles. The topological polar surface area (TPSA) is 108 Å². The molecule has 0 spiro atoms. The molecule has 0 saturated carbocycles. The summed E-state index contributed by atoms with van der Waals surface area (Å²) < 4.78 is 34.7. The molecule has 0 rings (SSSR count). The molecule has 2 atom stereocenters. The van der Waals surface area contributed by atoms with Gasteiger partial charge in [0, 0.05) is 12.8 Å². The molecule has 0 aliphatic heterocycles. The van der Waals surface area contributed by atoms with Crippen molar-refractivity contribution in [3.63, 3.8) is 0 Å². The molecule has 10 heteroatoms. The van der Waals surface area contributed by atoms with Gasteiger partial charge >= 0.3 is 19.8 Å². The lowest BCUT2D eigenvalue weighted by Crippen LogP contribution is -2.37. The average Bonchev–Trinajstić information content (AvgIpc) is 3.58. The van der Waals surface area contributed by atoms with Crippen LogP contribution in [0.3, 0.4) is 0 Å². The monoisotopic (exact) mass is 1270 g/mol. The first-order valence-electron chi connectivity index (χ1n) is 36.2. The van der Waals surface area contributed by atoms with E-state index in [1.807, 2.05) is 21.1 Å². The van der Waals surface area contributed by atoms with Gasteiger partial charge in [0.05, 0.1) is 27.7 Å². The third-order valence-electron chi connectivity index (χ3n) is 15.1. The molecule has 0 aliphatic rings. The van der Waals surface area contributed by atoms with Crippen LogP contribution < -0.4 is 0 Å². The third-order valence-corrected chi connectivity index (χ3v) is 16.0. The molecule has 512 valence electrons. The fourth-order valence-electron chi connectivity index (χ4n) is 9.59. The summed E-state index contributed by atoms with van der Waals surface area (Å²) in [7, 11) is 1.46. The molecule has 0 aromatic rings. The van der Waals surface area contributed by atoms with E-state index in [2.05, 4.69) is 172 Å². The van der Waals surface area contributed by atoms with Gasteiger partial charge in [-0.1, -0.05) is 307 Å². The van der Waals surface area contributed by atoms with Crippen LogP contribution >= 0.6 is 7.82 Å². The van der Waals surface area contributed by atoms with Crippen LogP contribution in [0.25, 0.3) is 0 Å². The van der Waals surface area contributed by atoms with Crippen molar-refractivity contribution in [2.75, 3.05) is 47.5 Å². The number of hydrogen-bond donors (Lipinski definition) is 1. The minimum atomic E-state index is -4.40. The first-order valence-corrected chi connectivity index (χ1v) is 37.7. The van der Waals surface area contributed by atoms with Crippen molar-refractivity contribution in [3.8, 4) is 0 Å². The quantitative estimate of drug-likeness (QED) is 0.0211. The van der Waals surface area contributed by atoms with Crippen LogP contribution in [0, 0.1) is 0 Å². The predicted octanol–water partition coefficient (Wildman–Crippen LogP) is 23.9. The zero-order chi connectivity index (χ0) is 65.5. The lowest BCUT2D eigenvalue weighted by molar-refractivity contribution is -0.870. The molecule has 0 aromatic carbocycles. The van der Waals surface area contributed by atoms with Gasteiger partial charge in [0.1, 0.15) is 19.8 Å². The van der Waals surface area contributed by atoms with Crippen molar-refractivity contribution in [2.24, 2.45) is 0 Å². The number of ether oxygens (including phenoxy) is 2. The Bertz CT molecular complexity index is 2080. The van der Waals surface area contributed by atoms with Crippen LogP contribution in [0.1, 0.15) is 284 Å². The van der Waals surface area contributed by atoms with E-state index in [0.29, 0.717) is 17.4 Å².